The van der Waals surface area contributed by atoms with Crippen molar-refractivity contribution >= 4 is 31.6 Å². The molecular weight excluding hydrogens is 330 g/mol. The van der Waals surface area contributed by atoms with Crippen LogP contribution in [0.2, 0.25) is 5.02 Å². The van der Waals surface area contributed by atoms with Crippen LogP contribution < -0.4 is 10.3 Å². The summed E-state index contributed by atoms with van der Waals surface area (Å²) in [5.41, 5.74) is -0.610. The fraction of sp³-hybridized carbons (Fsp3) is 0.444. The van der Waals surface area contributed by atoms with Gasteiger partial charge in [-0.1, -0.05) is 11.6 Å². The van der Waals surface area contributed by atoms with E-state index in [1.807, 2.05) is 0 Å². The minimum atomic E-state index is -3.94. The third kappa shape index (κ3) is 4.28. The van der Waals surface area contributed by atoms with Gasteiger partial charge in [-0.05, 0) is 6.07 Å². The molecule has 0 aliphatic carbocycles. The average Bonchev–Trinajstić information content (AvgIpc) is 2.31. The van der Waals surface area contributed by atoms with E-state index in [9.17, 15) is 21.6 Å². The molecular formula is C9H14ClN3O5S2. The van der Waals surface area contributed by atoms with Crippen molar-refractivity contribution in [1.29, 1.82) is 0 Å². The minimum Gasteiger partial charge on any atom is -0.326 e. The lowest BCUT2D eigenvalue weighted by molar-refractivity contribution is 0.519. The van der Waals surface area contributed by atoms with Crippen LogP contribution in [0.1, 0.15) is 0 Å². The summed E-state index contributed by atoms with van der Waals surface area (Å²) in [7, 11) is -4.72. The van der Waals surface area contributed by atoms with Gasteiger partial charge in [-0.2, -0.15) is 0 Å². The van der Waals surface area contributed by atoms with Crippen molar-refractivity contribution in [1.82, 2.24) is 14.0 Å². The molecule has 8 nitrogen and oxygen atoms in total. The van der Waals surface area contributed by atoms with E-state index in [2.05, 4.69) is 9.71 Å². The molecule has 0 aliphatic rings. The molecule has 1 rings (SSSR count). The van der Waals surface area contributed by atoms with Crippen molar-refractivity contribution in [2.24, 2.45) is 0 Å². The van der Waals surface area contributed by atoms with Crippen LogP contribution in [0.3, 0.4) is 0 Å². The van der Waals surface area contributed by atoms with Crippen LogP contribution in [-0.4, -0.2) is 52.5 Å². The predicted octanol–water partition coefficient (Wildman–Crippen LogP) is -0.802. The van der Waals surface area contributed by atoms with Gasteiger partial charge >= 0.3 is 0 Å². The van der Waals surface area contributed by atoms with E-state index >= 15 is 0 Å². The van der Waals surface area contributed by atoms with Crippen molar-refractivity contribution in [2.45, 2.75) is 4.90 Å². The number of halogens is 1. The number of pyridine rings is 1. The Morgan fingerprint density at radius 3 is 2.40 bits per heavy atom. The second-order valence-corrected chi connectivity index (χ2v) is 8.49. The molecule has 0 saturated heterocycles. The standard InChI is InChI=1S/C9H14ClN3O5S2/c1-13(2)19(15,16)4-3-12-20(17,18)7-5-8(10)9(14)11-6-7/h5-6,12H,3-4H2,1-2H3,(H,11,14). The molecule has 0 bridgehead atoms. The highest BCUT2D eigenvalue weighted by Crippen LogP contribution is 2.10. The monoisotopic (exact) mass is 343 g/mol. The van der Waals surface area contributed by atoms with Gasteiger partial charge in [0.05, 0.1) is 10.6 Å². The van der Waals surface area contributed by atoms with E-state index in [0.29, 0.717) is 0 Å². The van der Waals surface area contributed by atoms with Gasteiger partial charge in [0, 0.05) is 26.8 Å². The summed E-state index contributed by atoms with van der Waals surface area (Å²) in [5, 5.41) is -0.270. The maximum absolute atomic E-state index is 11.9. The summed E-state index contributed by atoms with van der Waals surface area (Å²) < 4.78 is 49.8. The van der Waals surface area contributed by atoms with Gasteiger partial charge in [-0.25, -0.2) is 25.9 Å². The zero-order valence-corrected chi connectivity index (χ0v) is 13.1. The van der Waals surface area contributed by atoms with E-state index < -0.39 is 25.6 Å². The van der Waals surface area contributed by atoms with E-state index in [4.69, 9.17) is 11.6 Å². The maximum Gasteiger partial charge on any atom is 0.266 e. The van der Waals surface area contributed by atoms with Gasteiger partial charge in [0.2, 0.25) is 20.0 Å². The number of nitrogens with one attached hydrogen (secondary N) is 2. The molecule has 1 aromatic rings. The summed E-state index contributed by atoms with van der Waals surface area (Å²) in [4.78, 5) is 13.0. The molecule has 20 heavy (non-hydrogen) atoms. The Balaban J connectivity index is 2.81. The Kier molecular flexibility index (Phi) is 5.33. The van der Waals surface area contributed by atoms with E-state index in [0.717, 1.165) is 16.6 Å². The van der Waals surface area contributed by atoms with Crippen LogP contribution >= 0.6 is 11.6 Å². The van der Waals surface area contributed by atoms with Crippen LogP contribution in [0.4, 0.5) is 0 Å². The zero-order chi connectivity index (χ0) is 15.6. The van der Waals surface area contributed by atoms with Crippen LogP contribution in [0.25, 0.3) is 0 Å². The first-order valence-electron chi connectivity index (χ1n) is 5.34. The molecule has 2 N–H and O–H groups in total. The second kappa shape index (κ2) is 6.22. The van der Waals surface area contributed by atoms with Crippen molar-refractivity contribution in [3.05, 3.63) is 27.6 Å². The SMILES string of the molecule is CN(C)S(=O)(=O)CCNS(=O)(=O)c1c[nH]c(=O)c(Cl)c1. The molecule has 1 heterocycles. The number of nitrogens with zero attached hydrogens (tertiary/aromatic N) is 1. The van der Waals surface area contributed by atoms with Crippen molar-refractivity contribution in [3.8, 4) is 0 Å². The van der Waals surface area contributed by atoms with Gasteiger partial charge in [0.1, 0.15) is 5.02 Å². The summed E-state index contributed by atoms with van der Waals surface area (Å²) in [6.45, 7) is -0.292. The maximum atomic E-state index is 11.9. The summed E-state index contributed by atoms with van der Waals surface area (Å²) >= 11 is 5.53. The predicted molar refractivity (Wildman–Crippen MR) is 74.7 cm³/mol. The molecule has 114 valence electrons. The fourth-order valence-corrected chi connectivity index (χ4v) is 3.28. The average molecular weight is 344 g/mol. The Hall–Kier alpha value is -0.940. The lowest BCUT2D eigenvalue weighted by Crippen LogP contribution is -2.34. The number of aromatic amines is 1. The quantitative estimate of drug-likeness (QED) is 0.701. The number of hydrogen-bond acceptors (Lipinski definition) is 5. The van der Waals surface area contributed by atoms with Crippen LogP contribution in [-0.2, 0) is 20.0 Å². The smallest absolute Gasteiger partial charge is 0.266 e. The first kappa shape index (κ1) is 17.1. The Morgan fingerprint density at radius 2 is 1.90 bits per heavy atom. The number of hydrogen-bond donors (Lipinski definition) is 2. The van der Waals surface area contributed by atoms with Crippen molar-refractivity contribution in [2.75, 3.05) is 26.4 Å². The highest BCUT2D eigenvalue weighted by molar-refractivity contribution is 7.90. The highest BCUT2D eigenvalue weighted by Gasteiger charge is 2.18. The molecule has 0 fully saturated rings. The second-order valence-electron chi connectivity index (χ2n) is 4.01. The molecule has 0 saturated carbocycles. The number of aromatic nitrogens is 1. The van der Waals surface area contributed by atoms with E-state index in [1.54, 1.807) is 0 Å². The van der Waals surface area contributed by atoms with Gasteiger partial charge < -0.3 is 4.98 Å². The highest BCUT2D eigenvalue weighted by atomic mass is 35.5. The van der Waals surface area contributed by atoms with Gasteiger partial charge in [-0.15, -0.1) is 0 Å². The number of H-pyrrole nitrogens is 1. The largest absolute Gasteiger partial charge is 0.326 e. The van der Waals surface area contributed by atoms with Crippen LogP contribution in [0.15, 0.2) is 22.0 Å². The summed E-state index contributed by atoms with van der Waals surface area (Å²) in [6, 6.07) is 0.989. The Labute approximate surface area is 121 Å². The van der Waals surface area contributed by atoms with Crippen molar-refractivity contribution < 1.29 is 16.8 Å². The summed E-state index contributed by atoms with van der Waals surface area (Å²) in [6.07, 6.45) is 0.983. The molecule has 11 heteroatoms. The zero-order valence-electron chi connectivity index (χ0n) is 10.8. The van der Waals surface area contributed by atoms with Crippen LogP contribution in [0, 0.1) is 0 Å². The molecule has 0 aromatic carbocycles. The van der Waals surface area contributed by atoms with Crippen molar-refractivity contribution in [3.63, 3.8) is 0 Å². The molecule has 0 unspecified atom stereocenters. The van der Waals surface area contributed by atoms with Gasteiger partial charge in [0.25, 0.3) is 5.56 Å². The third-order valence-corrected chi connectivity index (χ3v) is 5.90. The number of rotatable bonds is 6. The van der Waals surface area contributed by atoms with E-state index in [-0.39, 0.29) is 22.2 Å². The Morgan fingerprint density at radius 1 is 1.30 bits per heavy atom. The first-order chi connectivity index (χ1) is 9.06. The fourth-order valence-electron chi connectivity index (χ4n) is 1.16. The minimum absolute atomic E-state index is 0.246. The van der Waals surface area contributed by atoms with Gasteiger partial charge in [0.15, 0.2) is 0 Å². The Bertz CT molecular complexity index is 739. The lowest BCUT2D eigenvalue weighted by Gasteiger charge is -2.11. The van der Waals surface area contributed by atoms with E-state index in [1.165, 1.54) is 14.1 Å². The number of sulfonamides is 2. The molecule has 0 amide bonds. The van der Waals surface area contributed by atoms with Gasteiger partial charge in [-0.3, -0.25) is 4.79 Å². The molecule has 0 radical (unpaired) electrons. The third-order valence-electron chi connectivity index (χ3n) is 2.35. The van der Waals surface area contributed by atoms with Crippen LogP contribution in [0.5, 0.6) is 0 Å². The molecule has 0 spiro atoms. The normalized spacial score (nSPS) is 12.8. The molecule has 1 aromatic heterocycles. The topological polar surface area (TPSA) is 116 Å². The first-order valence-corrected chi connectivity index (χ1v) is 8.81. The summed E-state index contributed by atoms with van der Waals surface area (Å²) in [5.74, 6) is -0.379. The molecule has 0 atom stereocenters. The molecule has 0 aliphatic heterocycles. The lowest BCUT2D eigenvalue weighted by atomic mass is 10.5.